The van der Waals surface area contributed by atoms with Crippen molar-refractivity contribution >= 4 is 22.7 Å². The standard InChI is InChI=1S/C28H37N5O4/c1-27(2)16-20(17-28(3,4)32-27)33(5)25-10-9-23(30-31-25)22-14-18-7-8-21(13-19(18)15-24(22)34)37-12-6-11-29-26(35)36/h7-10,13-15,20,29,32,34H,6,11-12,16-17H2,1-5H3,(H,35,36). The van der Waals surface area contributed by atoms with Crippen molar-refractivity contribution in [1.82, 2.24) is 20.8 Å². The van der Waals surface area contributed by atoms with Crippen LogP contribution in [-0.2, 0) is 0 Å². The minimum Gasteiger partial charge on any atom is -0.507 e. The van der Waals surface area contributed by atoms with Crippen molar-refractivity contribution in [2.75, 3.05) is 25.1 Å². The molecule has 2 aromatic carbocycles. The van der Waals surface area contributed by atoms with Crippen molar-refractivity contribution in [2.45, 2.75) is 64.1 Å². The molecule has 9 nitrogen and oxygen atoms in total. The van der Waals surface area contributed by atoms with Crippen LogP contribution in [0.15, 0.2) is 42.5 Å². The lowest BCUT2D eigenvalue weighted by Crippen LogP contribution is -2.62. The number of carbonyl (C=O) groups is 1. The van der Waals surface area contributed by atoms with Gasteiger partial charge >= 0.3 is 6.09 Å². The molecule has 0 unspecified atom stereocenters. The second-order valence-corrected chi connectivity index (χ2v) is 11.2. The van der Waals surface area contributed by atoms with Crippen LogP contribution in [0.25, 0.3) is 22.0 Å². The Morgan fingerprint density at radius 2 is 1.81 bits per heavy atom. The molecule has 0 bridgehead atoms. The van der Waals surface area contributed by atoms with Gasteiger partial charge in [0.25, 0.3) is 0 Å². The maximum absolute atomic E-state index is 10.8. The van der Waals surface area contributed by atoms with E-state index in [1.54, 1.807) is 6.07 Å². The Morgan fingerprint density at radius 3 is 2.46 bits per heavy atom. The summed E-state index contributed by atoms with van der Waals surface area (Å²) in [7, 11) is 2.07. The molecule has 9 heteroatoms. The van der Waals surface area contributed by atoms with Gasteiger partial charge in [-0.15, -0.1) is 10.2 Å². The minimum absolute atomic E-state index is 0.0351. The highest BCUT2D eigenvalue weighted by atomic mass is 16.5. The van der Waals surface area contributed by atoms with Crippen LogP contribution >= 0.6 is 0 Å². The molecule has 2 heterocycles. The Kier molecular flexibility index (Phi) is 7.45. The van der Waals surface area contributed by atoms with Gasteiger partial charge in [0.1, 0.15) is 11.5 Å². The average molecular weight is 508 g/mol. The Labute approximate surface area is 217 Å². The fourth-order valence-electron chi connectivity index (χ4n) is 5.40. The Bertz CT molecular complexity index is 1240. The highest BCUT2D eigenvalue weighted by Crippen LogP contribution is 2.35. The van der Waals surface area contributed by atoms with Crippen molar-refractivity contribution in [3.8, 4) is 22.8 Å². The summed E-state index contributed by atoms with van der Waals surface area (Å²) < 4.78 is 5.72. The van der Waals surface area contributed by atoms with E-state index in [2.05, 4.69) is 60.5 Å². The first-order valence-electron chi connectivity index (χ1n) is 12.7. The van der Waals surface area contributed by atoms with E-state index in [0.717, 1.165) is 29.4 Å². The van der Waals surface area contributed by atoms with Gasteiger partial charge in [-0.05, 0) is 94.1 Å². The first-order valence-corrected chi connectivity index (χ1v) is 12.7. The number of carboxylic acid groups (broad SMARTS) is 1. The smallest absolute Gasteiger partial charge is 0.404 e. The molecule has 4 rings (SSSR count). The Balaban J connectivity index is 1.47. The van der Waals surface area contributed by atoms with Crippen molar-refractivity contribution in [3.63, 3.8) is 0 Å². The fourth-order valence-corrected chi connectivity index (χ4v) is 5.40. The molecule has 0 spiro atoms. The van der Waals surface area contributed by atoms with E-state index >= 15 is 0 Å². The highest BCUT2D eigenvalue weighted by molar-refractivity contribution is 5.90. The number of nitrogens with one attached hydrogen (secondary N) is 2. The van der Waals surface area contributed by atoms with Gasteiger partial charge in [0.05, 0.1) is 12.3 Å². The molecule has 1 aliphatic rings. The maximum atomic E-state index is 10.8. The Morgan fingerprint density at radius 1 is 1.08 bits per heavy atom. The summed E-state index contributed by atoms with van der Waals surface area (Å²) in [4.78, 5) is 12.7. The van der Waals surface area contributed by atoms with E-state index in [4.69, 9.17) is 9.84 Å². The first-order chi connectivity index (χ1) is 17.4. The molecular weight excluding hydrogens is 470 g/mol. The van der Waals surface area contributed by atoms with Gasteiger partial charge in [-0.2, -0.15) is 0 Å². The lowest BCUT2D eigenvalue weighted by atomic mass is 9.79. The van der Waals surface area contributed by atoms with Gasteiger partial charge in [-0.1, -0.05) is 6.07 Å². The molecule has 0 radical (unpaired) electrons. The fraction of sp³-hybridized carbons (Fsp3) is 0.464. The van der Waals surface area contributed by atoms with Crippen molar-refractivity contribution in [1.29, 1.82) is 0 Å². The molecule has 0 aliphatic carbocycles. The molecule has 1 saturated heterocycles. The monoisotopic (exact) mass is 507 g/mol. The normalized spacial score (nSPS) is 16.9. The summed E-state index contributed by atoms with van der Waals surface area (Å²) in [5.74, 6) is 1.59. The zero-order valence-electron chi connectivity index (χ0n) is 22.2. The van der Waals surface area contributed by atoms with Crippen molar-refractivity contribution < 1.29 is 19.7 Å². The van der Waals surface area contributed by atoms with Crippen molar-refractivity contribution in [2.24, 2.45) is 0 Å². The van der Waals surface area contributed by atoms with Crippen LogP contribution in [0.2, 0.25) is 0 Å². The minimum atomic E-state index is -1.04. The van der Waals surface area contributed by atoms with Crippen LogP contribution in [0.4, 0.5) is 10.6 Å². The first kappa shape index (κ1) is 26.5. The van der Waals surface area contributed by atoms with Crippen LogP contribution in [-0.4, -0.2) is 63.8 Å². The van der Waals surface area contributed by atoms with Crippen molar-refractivity contribution in [3.05, 3.63) is 42.5 Å². The van der Waals surface area contributed by atoms with Crippen LogP contribution in [0.3, 0.4) is 0 Å². The quantitative estimate of drug-likeness (QED) is 0.322. The number of fused-ring (bicyclic) bond motifs is 1. The second kappa shape index (κ2) is 10.4. The van der Waals surface area contributed by atoms with Gasteiger partial charge < -0.3 is 30.5 Å². The predicted octanol–water partition coefficient (Wildman–Crippen LogP) is 4.78. The zero-order valence-corrected chi connectivity index (χ0v) is 22.2. The van der Waals surface area contributed by atoms with Gasteiger partial charge in [0.2, 0.25) is 0 Å². The summed E-state index contributed by atoms with van der Waals surface area (Å²) in [5.41, 5.74) is 1.29. The van der Waals surface area contributed by atoms with Crippen LogP contribution < -0.4 is 20.3 Å². The van der Waals surface area contributed by atoms with E-state index in [1.807, 2.05) is 36.4 Å². The van der Waals surface area contributed by atoms with Gasteiger partial charge in [0, 0.05) is 36.3 Å². The molecule has 1 aliphatic heterocycles. The van der Waals surface area contributed by atoms with Crippen LogP contribution in [0.5, 0.6) is 11.5 Å². The summed E-state index contributed by atoms with van der Waals surface area (Å²) in [6.45, 7) is 9.67. The number of phenolic OH excluding ortho intramolecular Hbond substituents is 1. The molecular formula is C28H37N5O4. The SMILES string of the molecule is CN(c1ccc(-c2cc3ccc(OCCCNC(=O)O)cc3cc2O)nn1)C1CC(C)(C)NC(C)(C)C1. The van der Waals surface area contributed by atoms with E-state index in [1.165, 1.54) is 0 Å². The molecule has 1 amide bonds. The number of piperidine rings is 1. The van der Waals surface area contributed by atoms with Gasteiger partial charge in [0.15, 0.2) is 5.82 Å². The number of anilines is 1. The summed E-state index contributed by atoms with van der Waals surface area (Å²) in [6.07, 6.45) is 1.53. The summed E-state index contributed by atoms with van der Waals surface area (Å²) in [5, 5.41) is 36.1. The van der Waals surface area contributed by atoms with E-state index in [-0.39, 0.29) is 16.8 Å². The largest absolute Gasteiger partial charge is 0.507 e. The number of hydrogen-bond donors (Lipinski definition) is 4. The van der Waals surface area contributed by atoms with E-state index in [9.17, 15) is 9.90 Å². The van der Waals surface area contributed by atoms with E-state index in [0.29, 0.717) is 42.6 Å². The molecule has 0 saturated carbocycles. The third kappa shape index (κ3) is 6.60. The number of hydrogen-bond acceptors (Lipinski definition) is 7. The predicted molar refractivity (Wildman–Crippen MR) is 145 cm³/mol. The molecule has 1 fully saturated rings. The van der Waals surface area contributed by atoms with E-state index < -0.39 is 6.09 Å². The Hall–Kier alpha value is -3.59. The average Bonchev–Trinajstić information content (AvgIpc) is 2.81. The topological polar surface area (TPSA) is 120 Å². The lowest BCUT2D eigenvalue weighted by Gasteiger charge is -2.49. The number of phenols is 1. The highest BCUT2D eigenvalue weighted by Gasteiger charge is 2.39. The number of amides is 1. The summed E-state index contributed by atoms with van der Waals surface area (Å²) in [6, 6.07) is 13.4. The molecule has 198 valence electrons. The molecule has 0 atom stereocenters. The lowest BCUT2D eigenvalue weighted by molar-refractivity contribution is 0.160. The third-order valence-electron chi connectivity index (χ3n) is 6.80. The van der Waals surface area contributed by atoms with Crippen LogP contribution in [0, 0.1) is 0 Å². The van der Waals surface area contributed by atoms with Gasteiger partial charge in [-0.25, -0.2) is 4.79 Å². The zero-order chi connectivity index (χ0) is 26.8. The number of ether oxygens (including phenoxy) is 1. The number of aromatic nitrogens is 2. The molecule has 3 aromatic rings. The molecule has 1 aromatic heterocycles. The number of aromatic hydroxyl groups is 1. The van der Waals surface area contributed by atoms with Gasteiger partial charge in [-0.3, -0.25) is 0 Å². The van der Waals surface area contributed by atoms with Crippen LogP contribution in [0.1, 0.15) is 47.0 Å². The number of nitrogens with zero attached hydrogens (tertiary/aromatic N) is 3. The molecule has 37 heavy (non-hydrogen) atoms. The summed E-state index contributed by atoms with van der Waals surface area (Å²) >= 11 is 0. The molecule has 4 N–H and O–H groups in total. The third-order valence-corrected chi connectivity index (χ3v) is 6.80. The second-order valence-electron chi connectivity index (χ2n) is 11.2. The number of benzene rings is 2. The maximum Gasteiger partial charge on any atom is 0.404 e. The number of rotatable bonds is 8.